The first kappa shape index (κ1) is 21.2. The van der Waals surface area contributed by atoms with E-state index in [-0.39, 0.29) is 5.97 Å². The van der Waals surface area contributed by atoms with Gasteiger partial charge in [0.2, 0.25) is 0 Å². The standard InChI is InChI=1S/C20H38O2/c1-4-5-6-7-8-9-10-13-16-19(2)17-14-11-12-15-18-20(21)22-3/h13,16,19H,4-12,14-15,17-18H2,1-3H3/b16-13+. The van der Waals surface area contributed by atoms with Gasteiger partial charge in [0.15, 0.2) is 0 Å². The van der Waals surface area contributed by atoms with Crippen LogP contribution < -0.4 is 0 Å². The topological polar surface area (TPSA) is 26.3 Å². The Hall–Kier alpha value is -0.790. The Morgan fingerprint density at radius 2 is 1.59 bits per heavy atom. The van der Waals surface area contributed by atoms with Crippen LogP contribution in [0.4, 0.5) is 0 Å². The van der Waals surface area contributed by atoms with Gasteiger partial charge in [-0.2, -0.15) is 0 Å². The molecule has 0 fully saturated rings. The summed E-state index contributed by atoms with van der Waals surface area (Å²) >= 11 is 0. The quantitative estimate of drug-likeness (QED) is 0.197. The molecular weight excluding hydrogens is 272 g/mol. The van der Waals surface area contributed by atoms with Crippen LogP contribution in [0.1, 0.15) is 97.3 Å². The molecule has 0 spiro atoms. The summed E-state index contributed by atoms with van der Waals surface area (Å²) in [6, 6.07) is 0. The Morgan fingerprint density at radius 3 is 2.32 bits per heavy atom. The van der Waals surface area contributed by atoms with Gasteiger partial charge in [-0.3, -0.25) is 4.79 Å². The van der Waals surface area contributed by atoms with Gasteiger partial charge in [-0.15, -0.1) is 0 Å². The SMILES string of the molecule is CCCCCCCC/C=C/C(C)CCCCCCC(=O)OC. The van der Waals surface area contributed by atoms with Crippen LogP contribution in [-0.4, -0.2) is 13.1 Å². The number of carbonyl (C=O) groups is 1. The second-order valence-corrected chi connectivity index (χ2v) is 6.49. The molecule has 0 aliphatic heterocycles. The van der Waals surface area contributed by atoms with Crippen molar-refractivity contribution < 1.29 is 9.53 Å². The van der Waals surface area contributed by atoms with Crippen LogP contribution in [0.2, 0.25) is 0 Å². The number of ether oxygens (including phenoxy) is 1. The number of carbonyl (C=O) groups excluding carboxylic acids is 1. The third-order valence-corrected chi connectivity index (χ3v) is 4.21. The van der Waals surface area contributed by atoms with Gasteiger partial charge in [0, 0.05) is 6.42 Å². The molecule has 0 aliphatic rings. The van der Waals surface area contributed by atoms with Crippen molar-refractivity contribution in [2.75, 3.05) is 7.11 Å². The van der Waals surface area contributed by atoms with E-state index in [1.54, 1.807) is 0 Å². The van der Waals surface area contributed by atoms with E-state index < -0.39 is 0 Å². The molecule has 0 amide bonds. The predicted octanol–water partition coefficient (Wildman–Crippen LogP) is 6.44. The zero-order valence-electron chi connectivity index (χ0n) is 15.2. The lowest BCUT2D eigenvalue weighted by atomic mass is 10.0. The van der Waals surface area contributed by atoms with E-state index in [1.807, 2.05) is 0 Å². The van der Waals surface area contributed by atoms with Gasteiger partial charge in [0.25, 0.3) is 0 Å². The molecule has 0 aromatic rings. The molecular formula is C20H38O2. The number of allylic oxidation sites excluding steroid dienone is 2. The molecule has 1 unspecified atom stereocenters. The number of esters is 1. The number of hydrogen-bond donors (Lipinski definition) is 0. The molecule has 0 heterocycles. The first-order chi connectivity index (χ1) is 10.7. The molecule has 0 aliphatic carbocycles. The average molecular weight is 311 g/mol. The molecule has 2 heteroatoms. The van der Waals surface area contributed by atoms with Gasteiger partial charge in [0.05, 0.1) is 7.11 Å². The van der Waals surface area contributed by atoms with Crippen molar-refractivity contribution in [2.45, 2.75) is 97.3 Å². The average Bonchev–Trinajstić information content (AvgIpc) is 2.52. The van der Waals surface area contributed by atoms with Crippen LogP contribution in [0.25, 0.3) is 0 Å². The summed E-state index contributed by atoms with van der Waals surface area (Å²) in [7, 11) is 1.46. The lowest BCUT2D eigenvalue weighted by Gasteiger charge is -2.06. The second kappa shape index (κ2) is 16.6. The Balaban J connectivity index is 3.32. The van der Waals surface area contributed by atoms with Crippen LogP contribution >= 0.6 is 0 Å². The monoisotopic (exact) mass is 310 g/mol. The zero-order valence-corrected chi connectivity index (χ0v) is 15.2. The summed E-state index contributed by atoms with van der Waals surface area (Å²) < 4.78 is 4.64. The van der Waals surface area contributed by atoms with Gasteiger partial charge in [-0.05, 0) is 31.6 Å². The van der Waals surface area contributed by atoms with Crippen molar-refractivity contribution in [2.24, 2.45) is 5.92 Å². The summed E-state index contributed by atoms with van der Waals surface area (Å²) in [6.45, 7) is 4.58. The molecule has 0 bridgehead atoms. The smallest absolute Gasteiger partial charge is 0.305 e. The third kappa shape index (κ3) is 15.6. The highest BCUT2D eigenvalue weighted by atomic mass is 16.5. The summed E-state index contributed by atoms with van der Waals surface area (Å²) in [4.78, 5) is 11.0. The van der Waals surface area contributed by atoms with Crippen LogP contribution in [-0.2, 0) is 9.53 Å². The van der Waals surface area contributed by atoms with Crippen molar-refractivity contribution in [3.8, 4) is 0 Å². The molecule has 0 rings (SSSR count). The summed E-state index contributed by atoms with van der Waals surface area (Å²) in [6.07, 6.45) is 20.7. The molecule has 0 N–H and O–H groups in total. The van der Waals surface area contributed by atoms with Crippen molar-refractivity contribution >= 4 is 5.97 Å². The molecule has 22 heavy (non-hydrogen) atoms. The minimum atomic E-state index is -0.0778. The first-order valence-electron chi connectivity index (χ1n) is 9.44. The maximum absolute atomic E-state index is 11.0. The van der Waals surface area contributed by atoms with E-state index in [9.17, 15) is 4.79 Å². The first-order valence-corrected chi connectivity index (χ1v) is 9.44. The normalized spacial score (nSPS) is 12.7. The summed E-state index contributed by atoms with van der Waals surface area (Å²) in [5, 5.41) is 0. The number of hydrogen-bond acceptors (Lipinski definition) is 2. The summed E-state index contributed by atoms with van der Waals surface area (Å²) in [5.41, 5.74) is 0. The molecule has 0 aromatic heterocycles. The highest BCUT2D eigenvalue weighted by Gasteiger charge is 2.00. The van der Waals surface area contributed by atoms with E-state index in [2.05, 4.69) is 30.7 Å². The molecule has 130 valence electrons. The highest BCUT2D eigenvalue weighted by Crippen LogP contribution is 2.14. The molecule has 1 atom stereocenters. The van der Waals surface area contributed by atoms with Gasteiger partial charge in [-0.25, -0.2) is 0 Å². The van der Waals surface area contributed by atoms with Crippen molar-refractivity contribution in [3.05, 3.63) is 12.2 Å². The van der Waals surface area contributed by atoms with Crippen LogP contribution in [0.15, 0.2) is 12.2 Å². The minimum absolute atomic E-state index is 0.0778. The highest BCUT2D eigenvalue weighted by molar-refractivity contribution is 5.68. The maximum Gasteiger partial charge on any atom is 0.305 e. The van der Waals surface area contributed by atoms with Gasteiger partial charge >= 0.3 is 5.97 Å². The Labute approximate surface area is 138 Å². The van der Waals surface area contributed by atoms with Crippen molar-refractivity contribution in [3.63, 3.8) is 0 Å². The largest absolute Gasteiger partial charge is 0.469 e. The Kier molecular flexibility index (Phi) is 16.0. The van der Waals surface area contributed by atoms with Gasteiger partial charge in [-0.1, -0.05) is 77.4 Å². The Morgan fingerprint density at radius 1 is 0.955 bits per heavy atom. The molecule has 0 saturated heterocycles. The fraction of sp³-hybridized carbons (Fsp3) is 0.850. The summed E-state index contributed by atoms with van der Waals surface area (Å²) in [5.74, 6) is 0.617. The fourth-order valence-electron chi connectivity index (χ4n) is 2.66. The third-order valence-electron chi connectivity index (χ3n) is 4.21. The van der Waals surface area contributed by atoms with E-state index in [1.165, 1.54) is 71.3 Å². The zero-order chi connectivity index (χ0) is 16.5. The van der Waals surface area contributed by atoms with E-state index in [0.29, 0.717) is 12.3 Å². The van der Waals surface area contributed by atoms with Gasteiger partial charge < -0.3 is 4.74 Å². The van der Waals surface area contributed by atoms with Crippen molar-refractivity contribution in [1.82, 2.24) is 0 Å². The minimum Gasteiger partial charge on any atom is -0.469 e. The van der Waals surface area contributed by atoms with E-state index >= 15 is 0 Å². The molecule has 2 nitrogen and oxygen atoms in total. The second-order valence-electron chi connectivity index (χ2n) is 6.49. The lowest BCUT2D eigenvalue weighted by Crippen LogP contribution is -1.99. The molecule has 0 saturated carbocycles. The molecule has 0 aromatic carbocycles. The number of rotatable bonds is 15. The number of methoxy groups -OCH3 is 1. The molecule has 0 radical (unpaired) electrons. The van der Waals surface area contributed by atoms with Gasteiger partial charge in [0.1, 0.15) is 0 Å². The van der Waals surface area contributed by atoms with Crippen molar-refractivity contribution in [1.29, 1.82) is 0 Å². The lowest BCUT2D eigenvalue weighted by molar-refractivity contribution is -0.140. The van der Waals surface area contributed by atoms with Crippen LogP contribution in [0, 0.1) is 5.92 Å². The van der Waals surface area contributed by atoms with E-state index in [4.69, 9.17) is 0 Å². The number of unbranched alkanes of at least 4 members (excludes halogenated alkanes) is 9. The van der Waals surface area contributed by atoms with E-state index in [0.717, 1.165) is 12.8 Å². The van der Waals surface area contributed by atoms with Crippen LogP contribution in [0.5, 0.6) is 0 Å². The van der Waals surface area contributed by atoms with Crippen LogP contribution in [0.3, 0.4) is 0 Å². The fourth-order valence-corrected chi connectivity index (χ4v) is 2.66. The maximum atomic E-state index is 11.0. The Bertz CT molecular complexity index is 271. The predicted molar refractivity (Wildman–Crippen MR) is 96.0 cm³/mol.